The lowest BCUT2D eigenvalue weighted by atomic mass is 9.88. The number of nitrogen functional groups attached to an aromatic ring is 1. The molecule has 2 amide bonds. The molecule has 0 heterocycles. The van der Waals surface area contributed by atoms with Crippen molar-refractivity contribution < 1.29 is 18.4 Å². The van der Waals surface area contributed by atoms with Crippen LogP contribution in [0.25, 0.3) is 0 Å². The number of carbonyl (C=O) groups excluding carboxylic acids is 2. The van der Waals surface area contributed by atoms with E-state index in [4.69, 9.17) is 40.5 Å². The number of halogens is 5. The van der Waals surface area contributed by atoms with Crippen molar-refractivity contribution >= 4 is 58.0 Å². The molecular weight excluding hydrogens is 471 g/mol. The van der Waals surface area contributed by atoms with Crippen molar-refractivity contribution in [1.29, 1.82) is 0 Å². The fourth-order valence-electron chi connectivity index (χ4n) is 3.79. The van der Waals surface area contributed by atoms with E-state index in [2.05, 4.69) is 10.6 Å². The van der Waals surface area contributed by atoms with Crippen LogP contribution >= 0.6 is 34.8 Å². The third kappa shape index (κ3) is 4.45. The Kier molecular flexibility index (Phi) is 5.56. The van der Waals surface area contributed by atoms with Crippen LogP contribution in [0.1, 0.15) is 34.7 Å². The van der Waals surface area contributed by atoms with Gasteiger partial charge < -0.3 is 16.4 Å². The van der Waals surface area contributed by atoms with Crippen LogP contribution in [0.15, 0.2) is 42.5 Å². The predicted octanol–water partition coefficient (Wildman–Crippen LogP) is 4.98. The van der Waals surface area contributed by atoms with E-state index in [-0.39, 0.29) is 10.6 Å². The molecule has 0 radical (unpaired) electrons. The molecule has 4 rings (SSSR count). The lowest BCUT2D eigenvalue weighted by molar-refractivity contribution is -0.117. The average Bonchev–Trinajstić information content (AvgIpc) is 3.24. The van der Waals surface area contributed by atoms with Crippen molar-refractivity contribution in [2.45, 2.75) is 35.1 Å². The van der Waals surface area contributed by atoms with Gasteiger partial charge in [0.2, 0.25) is 5.91 Å². The molecule has 2 aliphatic rings. The lowest BCUT2D eigenvalue weighted by Crippen LogP contribution is -2.50. The molecule has 2 unspecified atom stereocenters. The van der Waals surface area contributed by atoms with Gasteiger partial charge >= 0.3 is 0 Å². The Bertz CT molecular complexity index is 1040. The molecule has 0 spiro atoms. The van der Waals surface area contributed by atoms with E-state index < -0.39 is 52.8 Å². The van der Waals surface area contributed by atoms with E-state index in [1.165, 1.54) is 18.2 Å². The van der Waals surface area contributed by atoms with Crippen molar-refractivity contribution in [3.63, 3.8) is 0 Å². The highest BCUT2D eigenvalue weighted by molar-refractivity contribution is 6.53. The van der Waals surface area contributed by atoms with Crippen molar-refractivity contribution in [2.75, 3.05) is 11.1 Å². The number of benzene rings is 2. The Morgan fingerprint density at radius 2 is 1.71 bits per heavy atom. The smallest absolute Gasteiger partial charge is 0.253 e. The first-order valence-corrected chi connectivity index (χ1v) is 10.6. The number of amides is 2. The van der Waals surface area contributed by atoms with Gasteiger partial charge in [0.05, 0.1) is 16.5 Å². The Morgan fingerprint density at radius 1 is 1.06 bits per heavy atom. The Hall–Kier alpha value is -2.09. The minimum absolute atomic E-state index is 0.0728. The first kappa shape index (κ1) is 22.1. The third-order valence-corrected chi connectivity index (χ3v) is 6.81. The summed E-state index contributed by atoms with van der Waals surface area (Å²) in [5.41, 5.74) is 7.44. The van der Waals surface area contributed by atoms with Crippen LogP contribution in [0, 0.1) is 5.92 Å². The highest BCUT2D eigenvalue weighted by atomic mass is 35.5. The summed E-state index contributed by atoms with van der Waals surface area (Å²) < 4.78 is 24.7. The molecule has 2 aromatic rings. The minimum atomic E-state index is -2.75. The Morgan fingerprint density at radius 3 is 2.32 bits per heavy atom. The van der Waals surface area contributed by atoms with Crippen molar-refractivity contribution in [3.05, 3.63) is 58.6 Å². The minimum Gasteiger partial charge on any atom is -0.399 e. The maximum Gasteiger partial charge on any atom is 0.253 e. The maximum atomic E-state index is 13.0. The van der Waals surface area contributed by atoms with E-state index in [0.29, 0.717) is 11.4 Å². The molecular formula is C21H18Cl3F2N3O2. The van der Waals surface area contributed by atoms with Crippen LogP contribution in [-0.2, 0) is 4.79 Å². The molecule has 2 aliphatic carbocycles. The van der Waals surface area contributed by atoms with Crippen LogP contribution in [0.5, 0.6) is 0 Å². The lowest BCUT2D eigenvalue weighted by Gasteiger charge is -2.35. The Labute approximate surface area is 192 Å². The third-order valence-electron chi connectivity index (χ3n) is 5.54. The van der Waals surface area contributed by atoms with Gasteiger partial charge in [0.25, 0.3) is 11.8 Å². The standard InChI is InChI=1S/C21H18Cl3F2N3O2/c22-15-6-5-12(7-14(15)18(30)29-13-8-20(25,26)9-13)28-19(31)17-16(21(17,23)24)10-1-3-11(27)4-2-10/h1-7,13,16-17H,8-9,27H2,(H,28,31)(H,29,30). The molecule has 31 heavy (non-hydrogen) atoms. The fourth-order valence-corrected chi connectivity index (χ4v) is 4.83. The molecule has 0 aliphatic heterocycles. The van der Waals surface area contributed by atoms with Gasteiger partial charge in [-0.05, 0) is 35.9 Å². The maximum absolute atomic E-state index is 13.0. The van der Waals surface area contributed by atoms with Gasteiger partial charge in [-0.15, -0.1) is 23.2 Å². The van der Waals surface area contributed by atoms with Gasteiger partial charge in [-0.2, -0.15) is 0 Å². The highest BCUT2D eigenvalue weighted by Gasteiger charge is 2.67. The zero-order valence-corrected chi connectivity index (χ0v) is 18.2. The zero-order valence-electron chi connectivity index (χ0n) is 16.0. The molecule has 164 valence electrons. The van der Waals surface area contributed by atoms with Crippen LogP contribution in [0.4, 0.5) is 20.2 Å². The van der Waals surface area contributed by atoms with Crippen molar-refractivity contribution in [3.8, 4) is 0 Å². The monoisotopic (exact) mass is 487 g/mol. The van der Waals surface area contributed by atoms with Crippen molar-refractivity contribution in [1.82, 2.24) is 5.32 Å². The number of carbonyl (C=O) groups is 2. The summed E-state index contributed by atoms with van der Waals surface area (Å²) in [7, 11) is 0. The first-order valence-electron chi connectivity index (χ1n) is 9.50. The molecule has 0 aromatic heterocycles. The average molecular weight is 489 g/mol. The molecule has 2 saturated carbocycles. The van der Waals surface area contributed by atoms with Crippen LogP contribution in [-0.4, -0.2) is 28.1 Å². The number of alkyl halides is 4. The summed E-state index contributed by atoms with van der Waals surface area (Å²) in [6, 6.07) is 10.7. The van der Waals surface area contributed by atoms with Gasteiger partial charge in [-0.25, -0.2) is 8.78 Å². The highest BCUT2D eigenvalue weighted by Crippen LogP contribution is 2.65. The van der Waals surface area contributed by atoms with Crippen molar-refractivity contribution in [2.24, 2.45) is 5.92 Å². The summed E-state index contributed by atoms with van der Waals surface area (Å²) in [6.07, 6.45) is -0.816. The van der Waals surface area contributed by atoms with Gasteiger partial charge in [0.15, 0.2) is 0 Å². The van der Waals surface area contributed by atoms with E-state index in [9.17, 15) is 18.4 Å². The molecule has 2 fully saturated rings. The van der Waals surface area contributed by atoms with Gasteiger partial charge in [0.1, 0.15) is 4.33 Å². The Balaban J connectivity index is 1.44. The van der Waals surface area contributed by atoms with E-state index in [1.807, 2.05) is 0 Å². The molecule has 4 N–H and O–H groups in total. The fraction of sp³-hybridized carbons (Fsp3) is 0.333. The number of nitrogens with two attached hydrogens (primary N) is 1. The largest absolute Gasteiger partial charge is 0.399 e. The second kappa shape index (κ2) is 7.80. The number of rotatable bonds is 5. The molecule has 10 heteroatoms. The zero-order chi connectivity index (χ0) is 22.6. The topological polar surface area (TPSA) is 84.2 Å². The van der Waals surface area contributed by atoms with Gasteiger partial charge in [-0.1, -0.05) is 23.7 Å². The molecule has 5 nitrogen and oxygen atoms in total. The number of hydrogen-bond acceptors (Lipinski definition) is 3. The van der Waals surface area contributed by atoms with Gasteiger partial charge in [0, 0.05) is 36.2 Å². The molecule has 2 aromatic carbocycles. The van der Waals surface area contributed by atoms with E-state index in [0.717, 1.165) is 5.56 Å². The summed E-state index contributed by atoms with van der Waals surface area (Å²) in [6.45, 7) is 0. The normalized spacial score (nSPS) is 23.5. The SMILES string of the molecule is Nc1ccc(C2C(C(=O)Nc3ccc(Cl)c(C(=O)NC4CC(F)(F)C4)c3)C2(Cl)Cl)cc1. The quantitative estimate of drug-likeness (QED) is 0.410. The van der Waals surface area contributed by atoms with E-state index in [1.54, 1.807) is 24.3 Å². The summed E-state index contributed by atoms with van der Waals surface area (Å²) in [5.74, 6) is -4.87. The summed E-state index contributed by atoms with van der Waals surface area (Å²) in [5, 5.41) is 5.35. The second-order valence-corrected chi connectivity index (χ2v) is 9.77. The molecule has 0 bridgehead atoms. The summed E-state index contributed by atoms with van der Waals surface area (Å²) in [4.78, 5) is 25.2. The number of nitrogens with one attached hydrogen (secondary N) is 2. The molecule has 0 saturated heterocycles. The number of anilines is 2. The first-order chi connectivity index (χ1) is 14.5. The summed E-state index contributed by atoms with van der Waals surface area (Å²) >= 11 is 18.8. The van der Waals surface area contributed by atoms with Crippen LogP contribution in [0.2, 0.25) is 5.02 Å². The van der Waals surface area contributed by atoms with E-state index >= 15 is 0 Å². The van der Waals surface area contributed by atoms with Gasteiger partial charge in [-0.3, -0.25) is 9.59 Å². The second-order valence-electron chi connectivity index (χ2n) is 7.92. The molecule has 2 atom stereocenters. The van der Waals surface area contributed by atoms with Crippen LogP contribution < -0.4 is 16.4 Å². The number of hydrogen-bond donors (Lipinski definition) is 3. The van der Waals surface area contributed by atoms with Crippen LogP contribution in [0.3, 0.4) is 0 Å². The predicted molar refractivity (Wildman–Crippen MR) is 117 cm³/mol.